The molecule has 8 nitrogen and oxygen atoms in total. The van der Waals surface area contributed by atoms with Crippen LogP contribution in [-0.2, 0) is 0 Å². The van der Waals surface area contributed by atoms with Gasteiger partial charge in [0.15, 0.2) is 0 Å². The van der Waals surface area contributed by atoms with Crippen molar-refractivity contribution in [2.75, 3.05) is 0 Å². The number of aromatic nitrogens is 3. The van der Waals surface area contributed by atoms with Crippen molar-refractivity contribution < 1.29 is 37.8 Å². The van der Waals surface area contributed by atoms with Crippen molar-refractivity contribution >= 4 is 5.84 Å². The second-order valence-electron chi connectivity index (χ2n) is 3.50. The van der Waals surface area contributed by atoms with Crippen molar-refractivity contribution in [2.45, 2.75) is 0 Å². The molecular weight excluding hydrogens is 290 g/mol. The van der Waals surface area contributed by atoms with E-state index in [1.165, 1.54) is 0 Å². The van der Waals surface area contributed by atoms with Crippen LogP contribution in [0.25, 0.3) is 17.3 Å². The molecule has 2 heterocycles. The lowest BCUT2D eigenvalue weighted by molar-refractivity contribution is -2.00. The molecule has 3 rings (SSSR count). The average molecular weight is 298 g/mol. The molecule has 0 aliphatic heterocycles. The van der Waals surface area contributed by atoms with Crippen molar-refractivity contribution in [1.82, 2.24) is 10.1 Å². The lowest BCUT2D eigenvalue weighted by Gasteiger charge is -2.17. The lowest BCUT2D eigenvalue weighted by Crippen LogP contribution is -2.68. The largest absolute Gasteiger partial charge is 0.531 e. The first kappa shape index (κ1) is 14.3. The fourth-order valence-electron chi connectivity index (χ4n) is 1.40. The molecule has 104 valence electrons. The van der Waals surface area contributed by atoms with Crippen LogP contribution in [0.3, 0.4) is 0 Å². The summed E-state index contributed by atoms with van der Waals surface area (Å²) in [5.41, 5.74) is 0.947. The van der Waals surface area contributed by atoms with Crippen LogP contribution in [-0.4, -0.2) is 10.1 Å². The summed E-state index contributed by atoms with van der Waals surface area (Å²) in [6, 6.07) is 11.6. The van der Waals surface area contributed by atoms with E-state index in [1.54, 1.807) is 16.9 Å². The average Bonchev–Trinajstić information content (AvgIpc) is 2.81. The van der Waals surface area contributed by atoms with Crippen LogP contribution in [0.2, 0.25) is 0 Å². The van der Waals surface area contributed by atoms with Gasteiger partial charge in [0.25, 0.3) is 5.89 Å². The maximum Gasteiger partial charge on any atom is 0.531 e. The van der Waals surface area contributed by atoms with Gasteiger partial charge >= 0.3 is 5.84 Å². The van der Waals surface area contributed by atoms with Gasteiger partial charge in [0.05, 0.1) is 0 Å². The summed E-state index contributed by atoms with van der Waals surface area (Å²) in [5, 5.41) is 4.27. The summed E-state index contributed by atoms with van der Waals surface area (Å²) in [5.74, 6) is 1.07. The highest BCUT2D eigenvalue weighted by Gasteiger charge is 2.13. The molecule has 0 saturated heterocycles. The van der Waals surface area contributed by atoms with E-state index in [4.69, 9.17) is 23.1 Å². The van der Waals surface area contributed by atoms with Crippen LogP contribution in [0.5, 0.6) is 0 Å². The van der Waals surface area contributed by atoms with Gasteiger partial charge in [-0.15, -0.1) is 10.2 Å². The zero-order valence-corrected chi connectivity index (χ0v) is 10.6. The molecule has 0 saturated carbocycles. The Balaban J connectivity index is 0.000000257. The Bertz CT molecular complexity index is 644. The zero-order valence-electron chi connectivity index (χ0n) is 9.88. The minimum absolute atomic E-state index is 0.497. The van der Waals surface area contributed by atoms with E-state index in [2.05, 4.69) is 10.1 Å². The molecule has 3 aromatic rings. The molecule has 0 fully saturated rings. The molecule has 0 N–H and O–H groups in total. The Hall–Kier alpha value is -2.10. The first-order valence-electron chi connectivity index (χ1n) is 5.24. The molecule has 20 heavy (non-hydrogen) atoms. The van der Waals surface area contributed by atoms with E-state index in [1.807, 2.05) is 36.4 Å². The summed E-state index contributed by atoms with van der Waals surface area (Å²) >= 11 is 0. The molecule has 0 radical (unpaired) electrons. The van der Waals surface area contributed by atoms with Gasteiger partial charge in [-0.2, -0.15) is 0 Å². The fraction of sp³-hybridized carbons (Fsp3) is 0. The maximum atomic E-state index is 8.49. The molecule has 2 aromatic heterocycles. The van der Waals surface area contributed by atoms with Crippen LogP contribution in [0.15, 0.2) is 53.2 Å². The third-order valence-electron chi connectivity index (χ3n) is 2.10. The first-order chi connectivity index (χ1) is 9.43. The Morgan fingerprint density at radius 1 is 1.00 bits per heavy atom. The maximum absolute atomic E-state index is 8.49. The van der Waals surface area contributed by atoms with Gasteiger partial charge in [-0.3, -0.25) is 0 Å². The summed E-state index contributed by atoms with van der Waals surface area (Å²) in [6.45, 7) is 0. The molecule has 0 aliphatic rings. The monoisotopic (exact) mass is 297 g/mol. The standard InChI is InChI=1S/C11H8N3O.ClHO4/c1-2-5-9(6-3-1)10-13-14-8-4-7-12-11(14)15-10;2-1(3,4)5/h1-8H;(H,2,3,4,5)/q+1;/p-1. The van der Waals surface area contributed by atoms with Gasteiger partial charge in [0.2, 0.25) is 0 Å². The minimum Gasteiger partial charge on any atom is -0.364 e. The van der Waals surface area contributed by atoms with Gasteiger partial charge in [-0.25, -0.2) is 18.6 Å². The molecular formula is C11H8ClN3O5. The Morgan fingerprint density at radius 3 is 2.25 bits per heavy atom. The number of fused-ring (bicyclic) bond motifs is 1. The van der Waals surface area contributed by atoms with Crippen LogP contribution in [0.1, 0.15) is 0 Å². The number of benzene rings is 1. The van der Waals surface area contributed by atoms with Gasteiger partial charge < -0.3 is 4.42 Å². The van der Waals surface area contributed by atoms with Crippen molar-refractivity contribution in [3.8, 4) is 11.5 Å². The van der Waals surface area contributed by atoms with Crippen LogP contribution < -0.4 is 23.2 Å². The number of halogens is 1. The van der Waals surface area contributed by atoms with Crippen molar-refractivity contribution in [1.29, 1.82) is 0 Å². The quantitative estimate of drug-likeness (QED) is 0.430. The molecule has 0 unspecified atom stereocenters. The van der Waals surface area contributed by atoms with E-state index in [-0.39, 0.29) is 0 Å². The van der Waals surface area contributed by atoms with Crippen molar-refractivity contribution in [2.24, 2.45) is 0 Å². The van der Waals surface area contributed by atoms with Gasteiger partial charge in [0.1, 0.15) is 12.4 Å². The molecule has 0 spiro atoms. The molecule has 0 aliphatic carbocycles. The second-order valence-corrected chi connectivity index (χ2v) is 4.25. The zero-order chi connectivity index (χ0) is 14.6. The number of nitrogens with zero attached hydrogens (tertiary/aromatic N) is 3. The molecule has 0 bridgehead atoms. The SMILES string of the molecule is [O-][Cl+3]([O-])([O-])[O-].c1ccc(-c2n[n+]3cccnc3o2)cc1. The smallest absolute Gasteiger partial charge is 0.364 e. The highest BCUT2D eigenvalue weighted by molar-refractivity contribution is 5.52. The van der Waals surface area contributed by atoms with E-state index in [0.717, 1.165) is 5.56 Å². The Labute approximate surface area is 114 Å². The molecule has 1 aromatic carbocycles. The Kier molecular flexibility index (Phi) is 4.23. The lowest BCUT2D eigenvalue weighted by atomic mass is 10.2. The number of rotatable bonds is 1. The van der Waals surface area contributed by atoms with Gasteiger partial charge in [-0.1, -0.05) is 22.7 Å². The van der Waals surface area contributed by atoms with Crippen molar-refractivity contribution in [3.63, 3.8) is 0 Å². The highest BCUT2D eigenvalue weighted by atomic mass is 35.7. The summed E-state index contributed by atoms with van der Waals surface area (Å²) < 4.78 is 41.1. The van der Waals surface area contributed by atoms with Crippen LogP contribution in [0.4, 0.5) is 0 Å². The van der Waals surface area contributed by atoms with E-state index in [9.17, 15) is 0 Å². The normalized spacial score (nSPS) is 11.0. The minimum atomic E-state index is -4.94. The number of hydrogen-bond acceptors (Lipinski definition) is 7. The van der Waals surface area contributed by atoms with E-state index in [0.29, 0.717) is 11.7 Å². The summed E-state index contributed by atoms with van der Waals surface area (Å²) in [4.78, 5) is 4.06. The third kappa shape index (κ3) is 4.23. The van der Waals surface area contributed by atoms with Crippen LogP contribution in [0, 0.1) is 10.2 Å². The first-order valence-corrected chi connectivity index (χ1v) is 6.47. The highest BCUT2D eigenvalue weighted by Crippen LogP contribution is 2.15. The van der Waals surface area contributed by atoms with Gasteiger partial charge in [0, 0.05) is 11.6 Å². The third-order valence-corrected chi connectivity index (χ3v) is 2.10. The predicted octanol–water partition coefficient (Wildman–Crippen LogP) is -3.28. The molecule has 0 amide bonds. The van der Waals surface area contributed by atoms with Crippen LogP contribution >= 0.6 is 0 Å². The van der Waals surface area contributed by atoms with Gasteiger partial charge in [-0.05, 0) is 22.2 Å². The van der Waals surface area contributed by atoms with E-state index < -0.39 is 10.2 Å². The fourth-order valence-corrected chi connectivity index (χ4v) is 1.40. The topological polar surface area (TPSA) is 135 Å². The Morgan fingerprint density at radius 2 is 1.65 bits per heavy atom. The summed E-state index contributed by atoms with van der Waals surface area (Å²) in [6.07, 6.45) is 3.48. The number of hydrogen-bond donors (Lipinski definition) is 0. The summed E-state index contributed by atoms with van der Waals surface area (Å²) in [7, 11) is -4.94. The molecule has 0 atom stereocenters. The molecule has 9 heteroatoms. The van der Waals surface area contributed by atoms with Crippen molar-refractivity contribution in [3.05, 3.63) is 48.8 Å². The van der Waals surface area contributed by atoms with E-state index >= 15 is 0 Å². The second kappa shape index (κ2) is 5.90. The predicted molar refractivity (Wildman–Crippen MR) is 52.9 cm³/mol.